The molecular weight excluding hydrogens is 372 g/mol. The van der Waals surface area contributed by atoms with E-state index in [1.54, 1.807) is 17.0 Å². The van der Waals surface area contributed by atoms with Crippen molar-refractivity contribution >= 4 is 29.4 Å². The Hall–Kier alpha value is -2.28. The second kappa shape index (κ2) is 9.08. The highest BCUT2D eigenvalue weighted by Gasteiger charge is 2.31. The number of methoxy groups -OCH3 is 1. The van der Waals surface area contributed by atoms with E-state index in [0.29, 0.717) is 37.2 Å². The lowest BCUT2D eigenvalue weighted by Crippen LogP contribution is -2.45. The van der Waals surface area contributed by atoms with Gasteiger partial charge in [-0.1, -0.05) is 31.5 Å². The van der Waals surface area contributed by atoms with Gasteiger partial charge >= 0.3 is 5.97 Å². The number of nitrogens with zero attached hydrogens (tertiary/aromatic N) is 1. The highest BCUT2D eigenvalue weighted by molar-refractivity contribution is 6.32. The summed E-state index contributed by atoms with van der Waals surface area (Å²) in [5.74, 6) is -1.39. The van der Waals surface area contributed by atoms with Crippen LogP contribution in [0.15, 0.2) is 18.2 Å². The minimum atomic E-state index is -1.20. The molecular formula is C19H25ClN2O5. The molecule has 1 atom stereocenters. The molecule has 0 spiro atoms. The lowest BCUT2D eigenvalue weighted by atomic mass is 9.94. The monoisotopic (exact) mass is 396 g/mol. The standard InChI is InChI=1S/C19H25ClN2O5/c1-11(2)18(24)22-8-6-12(7-9-22)17(23)21-16(19(25)26)13-4-5-15(27-3)14(20)10-13/h4-5,10-12,16H,6-9H2,1-3H3,(H,21,23)(H,25,26). The molecule has 27 heavy (non-hydrogen) atoms. The Balaban J connectivity index is 2.03. The second-order valence-electron chi connectivity index (χ2n) is 6.93. The Morgan fingerprint density at radius 2 is 1.89 bits per heavy atom. The van der Waals surface area contributed by atoms with E-state index in [9.17, 15) is 19.5 Å². The zero-order valence-electron chi connectivity index (χ0n) is 15.7. The van der Waals surface area contributed by atoms with Gasteiger partial charge < -0.3 is 20.1 Å². The summed E-state index contributed by atoms with van der Waals surface area (Å²) in [5.41, 5.74) is 0.370. The summed E-state index contributed by atoms with van der Waals surface area (Å²) in [5, 5.41) is 12.4. The van der Waals surface area contributed by atoms with E-state index in [1.807, 2.05) is 13.8 Å². The van der Waals surface area contributed by atoms with Gasteiger partial charge in [-0.2, -0.15) is 0 Å². The minimum Gasteiger partial charge on any atom is -0.495 e. The van der Waals surface area contributed by atoms with Crippen LogP contribution in [-0.2, 0) is 14.4 Å². The molecule has 1 unspecified atom stereocenters. The van der Waals surface area contributed by atoms with Gasteiger partial charge in [-0.05, 0) is 30.5 Å². The van der Waals surface area contributed by atoms with Crippen molar-refractivity contribution in [2.24, 2.45) is 11.8 Å². The molecule has 1 saturated heterocycles. The van der Waals surface area contributed by atoms with Gasteiger partial charge in [0.15, 0.2) is 6.04 Å². The molecule has 8 heteroatoms. The molecule has 148 valence electrons. The molecule has 1 heterocycles. The van der Waals surface area contributed by atoms with E-state index >= 15 is 0 Å². The summed E-state index contributed by atoms with van der Waals surface area (Å²) in [6.07, 6.45) is 1.03. The van der Waals surface area contributed by atoms with Gasteiger partial charge in [0.1, 0.15) is 5.75 Å². The largest absolute Gasteiger partial charge is 0.495 e. The Labute approximate surface area is 163 Å². The minimum absolute atomic E-state index is 0.0742. The van der Waals surface area contributed by atoms with Crippen LogP contribution in [0.3, 0.4) is 0 Å². The number of nitrogens with one attached hydrogen (secondary N) is 1. The number of benzene rings is 1. The fourth-order valence-corrected chi connectivity index (χ4v) is 3.40. The van der Waals surface area contributed by atoms with Gasteiger partial charge in [-0.15, -0.1) is 0 Å². The van der Waals surface area contributed by atoms with Crippen LogP contribution in [0.2, 0.25) is 5.02 Å². The Kier molecular flexibility index (Phi) is 7.07. The Bertz CT molecular complexity index is 714. The summed E-state index contributed by atoms with van der Waals surface area (Å²) in [6.45, 7) is 4.69. The number of hydrogen-bond donors (Lipinski definition) is 2. The Morgan fingerprint density at radius 3 is 2.37 bits per heavy atom. The van der Waals surface area contributed by atoms with Gasteiger partial charge in [0, 0.05) is 24.9 Å². The van der Waals surface area contributed by atoms with E-state index in [-0.39, 0.29) is 28.7 Å². The van der Waals surface area contributed by atoms with E-state index in [2.05, 4.69) is 5.32 Å². The molecule has 1 aliphatic rings. The molecule has 2 amide bonds. The van der Waals surface area contributed by atoms with Crippen molar-refractivity contribution in [2.45, 2.75) is 32.7 Å². The number of likely N-dealkylation sites (tertiary alicyclic amines) is 1. The van der Waals surface area contributed by atoms with E-state index < -0.39 is 12.0 Å². The normalized spacial score (nSPS) is 16.1. The lowest BCUT2D eigenvalue weighted by molar-refractivity contribution is -0.143. The third-order valence-corrected chi connectivity index (χ3v) is 5.01. The van der Waals surface area contributed by atoms with Crippen molar-refractivity contribution in [3.05, 3.63) is 28.8 Å². The topological polar surface area (TPSA) is 95.9 Å². The number of aliphatic carboxylic acids is 1. The zero-order valence-corrected chi connectivity index (χ0v) is 16.5. The maximum Gasteiger partial charge on any atom is 0.330 e. The lowest BCUT2D eigenvalue weighted by Gasteiger charge is -2.33. The summed E-state index contributed by atoms with van der Waals surface area (Å²) in [6, 6.07) is 3.41. The van der Waals surface area contributed by atoms with Crippen LogP contribution in [0.4, 0.5) is 0 Å². The quantitative estimate of drug-likeness (QED) is 0.770. The highest BCUT2D eigenvalue weighted by Crippen LogP contribution is 2.28. The average molecular weight is 397 g/mol. The molecule has 0 radical (unpaired) electrons. The van der Waals surface area contributed by atoms with Crippen molar-refractivity contribution in [2.75, 3.05) is 20.2 Å². The van der Waals surface area contributed by atoms with Crippen LogP contribution in [0.5, 0.6) is 5.75 Å². The van der Waals surface area contributed by atoms with Crippen LogP contribution in [0, 0.1) is 11.8 Å². The molecule has 1 aromatic rings. The van der Waals surface area contributed by atoms with Crippen molar-refractivity contribution in [3.63, 3.8) is 0 Å². The number of carbonyl (C=O) groups excluding carboxylic acids is 2. The van der Waals surface area contributed by atoms with Crippen molar-refractivity contribution in [3.8, 4) is 5.75 Å². The number of carbonyl (C=O) groups is 3. The fraction of sp³-hybridized carbons (Fsp3) is 0.526. The number of rotatable bonds is 6. The molecule has 0 bridgehead atoms. The molecule has 1 aliphatic heterocycles. The first-order valence-corrected chi connectivity index (χ1v) is 9.27. The molecule has 7 nitrogen and oxygen atoms in total. The van der Waals surface area contributed by atoms with E-state index in [4.69, 9.17) is 16.3 Å². The maximum absolute atomic E-state index is 12.6. The van der Waals surface area contributed by atoms with Gasteiger partial charge in [0.25, 0.3) is 0 Å². The van der Waals surface area contributed by atoms with Gasteiger partial charge in [-0.3, -0.25) is 9.59 Å². The fourth-order valence-electron chi connectivity index (χ4n) is 3.14. The van der Waals surface area contributed by atoms with Crippen molar-refractivity contribution < 1.29 is 24.2 Å². The first kappa shape index (κ1) is 21.0. The zero-order chi connectivity index (χ0) is 20.1. The van der Waals surface area contributed by atoms with Crippen molar-refractivity contribution in [1.82, 2.24) is 10.2 Å². The second-order valence-corrected chi connectivity index (χ2v) is 7.34. The first-order chi connectivity index (χ1) is 12.7. The number of piperidine rings is 1. The maximum atomic E-state index is 12.6. The molecule has 0 aromatic heterocycles. The van der Waals surface area contributed by atoms with E-state index in [0.717, 1.165) is 0 Å². The summed E-state index contributed by atoms with van der Waals surface area (Å²) >= 11 is 6.07. The molecule has 2 N–H and O–H groups in total. The SMILES string of the molecule is COc1ccc(C(NC(=O)C2CCN(C(=O)C(C)C)CC2)C(=O)O)cc1Cl. The summed E-state index contributed by atoms with van der Waals surface area (Å²) in [7, 11) is 1.47. The predicted molar refractivity (Wildman–Crippen MR) is 101 cm³/mol. The molecule has 0 aliphatic carbocycles. The number of carboxylic acids is 1. The predicted octanol–water partition coefficient (Wildman–Crippen LogP) is 2.49. The van der Waals surface area contributed by atoms with Crippen LogP contribution in [0.25, 0.3) is 0 Å². The van der Waals surface area contributed by atoms with Gasteiger partial charge in [0.05, 0.1) is 12.1 Å². The van der Waals surface area contributed by atoms with Crippen LogP contribution in [-0.4, -0.2) is 48.0 Å². The summed E-state index contributed by atoms with van der Waals surface area (Å²) < 4.78 is 5.06. The number of carboxylic acid groups (broad SMARTS) is 1. The number of halogens is 1. The van der Waals surface area contributed by atoms with Crippen LogP contribution < -0.4 is 10.1 Å². The number of hydrogen-bond acceptors (Lipinski definition) is 4. The van der Waals surface area contributed by atoms with Gasteiger partial charge in [0.2, 0.25) is 11.8 Å². The molecule has 2 rings (SSSR count). The number of ether oxygens (including phenoxy) is 1. The molecule has 0 saturated carbocycles. The van der Waals surface area contributed by atoms with Crippen molar-refractivity contribution in [1.29, 1.82) is 0 Å². The number of amides is 2. The Morgan fingerprint density at radius 1 is 1.26 bits per heavy atom. The molecule has 1 aromatic carbocycles. The first-order valence-electron chi connectivity index (χ1n) is 8.90. The van der Waals surface area contributed by atoms with Gasteiger partial charge in [-0.25, -0.2) is 4.79 Å². The van der Waals surface area contributed by atoms with E-state index in [1.165, 1.54) is 13.2 Å². The molecule has 1 fully saturated rings. The highest BCUT2D eigenvalue weighted by atomic mass is 35.5. The third-order valence-electron chi connectivity index (χ3n) is 4.71. The van der Waals surface area contributed by atoms with Crippen LogP contribution in [0.1, 0.15) is 38.3 Å². The average Bonchev–Trinajstić information content (AvgIpc) is 2.65. The third kappa shape index (κ3) is 5.13. The smallest absolute Gasteiger partial charge is 0.330 e. The van der Waals surface area contributed by atoms with Crippen LogP contribution >= 0.6 is 11.6 Å². The summed E-state index contributed by atoms with van der Waals surface area (Å²) in [4.78, 5) is 38.0.